The van der Waals surface area contributed by atoms with Crippen LogP contribution in [0.1, 0.15) is 109 Å². The Morgan fingerprint density at radius 1 is 0.844 bits per heavy atom. The van der Waals surface area contributed by atoms with E-state index in [9.17, 15) is 14.4 Å². The van der Waals surface area contributed by atoms with E-state index in [1.54, 1.807) is 6.08 Å². The van der Waals surface area contributed by atoms with Gasteiger partial charge in [0.25, 0.3) is 0 Å². The van der Waals surface area contributed by atoms with Crippen LogP contribution < -0.4 is 0 Å². The van der Waals surface area contributed by atoms with Crippen molar-refractivity contribution in [2.45, 2.75) is 164 Å². The van der Waals surface area contributed by atoms with Crippen molar-refractivity contribution in [2.24, 2.45) is 17.3 Å². The minimum absolute atomic E-state index is 0.00910. The molecule has 260 valence electrons. The second kappa shape index (κ2) is 17.0. The molecule has 0 saturated carbocycles. The summed E-state index contributed by atoms with van der Waals surface area (Å²) in [6.45, 7) is 38.6. The van der Waals surface area contributed by atoms with Crippen LogP contribution in [0, 0.1) is 17.3 Å². The summed E-state index contributed by atoms with van der Waals surface area (Å²) in [5.74, 6) is -1.22. The molecule has 0 N–H and O–H groups in total. The van der Waals surface area contributed by atoms with Gasteiger partial charge in [0.1, 0.15) is 5.78 Å². The van der Waals surface area contributed by atoms with Crippen LogP contribution in [-0.2, 0) is 28.0 Å². The fourth-order valence-electron chi connectivity index (χ4n) is 4.74. The molecule has 0 unspecified atom stereocenters. The van der Waals surface area contributed by atoms with Gasteiger partial charge in [-0.25, -0.2) is 0 Å². The Hall–Kier alpha value is -1.62. The SMILES string of the molecule is C=CCC(C)=CC[C@H](OC(=O)C[C@H](O[Si](C)(C)C(C)(C)C)C(C)(C)C(=O)[C@H](C)[C@@H](O[Si](C)(C)C(C)(C)C)[C@@H](C)C=CC)C(C)=O. The van der Waals surface area contributed by atoms with Gasteiger partial charge in [-0.05, 0) is 69.4 Å². The van der Waals surface area contributed by atoms with E-state index >= 15 is 0 Å². The lowest BCUT2D eigenvalue weighted by molar-refractivity contribution is -0.158. The predicted octanol–water partition coefficient (Wildman–Crippen LogP) is 10.0. The van der Waals surface area contributed by atoms with Gasteiger partial charge in [0.2, 0.25) is 0 Å². The highest BCUT2D eigenvalue weighted by Gasteiger charge is 2.50. The minimum atomic E-state index is -2.43. The molecule has 8 heteroatoms. The Balaban J connectivity index is 6.64. The second-order valence-electron chi connectivity index (χ2n) is 16.5. The molecule has 0 amide bonds. The molecule has 0 aromatic heterocycles. The normalized spacial score (nSPS) is 17.4. The third-order valence-electron chi connectivity index (χ3n) is 10.1. The second-order valence-corrected chi connectivity index (χ2v) is 26.1. The number of carbonyl (C=O) groups excluding carboxylic acids is 3. The summed E-state index contributed by atoms with van der Waals surface area (Å²) >= 11 is 0. The molecule has 0 rings (SSSR count). The van der Waals surface area contributed by atoms with Crippen LogP contribution in [0.3, 0.4) is 0 Å². The van der Waals surface area contributed by atoms with E-state index in [0.717, 1.165) is 5.57 Å². The number of hydrogen-bond acceptors (Lipinski definition) is 6. The van der Waals surface area contributed by atoms with Crippen molar-refractivity contribution in [3.8, 4) is 0 Å². The van der Waals surface area contributed by atoms with Crippen molar-refractivity contribution in [2.75, 3.05) is 0 Å². The Morgan fingerprint density at radius 2 is 1.33 bits per heavy atom. The van der Waals surface area contributed by atoms with E-state index < -0.39 is 46.1 Å². The molecule has 6 nitrogen and oxygen atoms in total. The number of esters is 1. The standard InChI is InChI=1S/C37H68O6Si2/c1-19-21-26(3)23-24-30(29(6)38)41-32(39)25-31(42-44(15,16)35(7,8)9)37(13,14)34(40)28(5)33(27(4)22-20-2)43-45(17,18)36(10,11)12/h19-20,22-23,27-28,30-31,33H,1,21,24-25H2,2-18H3/t27-,28+,30-,31-,33-/m0/s1. The Labute approximate surface area is 279 Å². The molecule has 0 heterocycles. The highest BCUT2D eigenvalue weighted by Crippen LogP contribution is 2.44. The quantitative estimate of drug-likeness (QED) is 0.0824. The number of ketones is 2. The minimum Gasteiger partial charge on any atom is -0.454 e. The molecule has 0 spiro atoms. The molecule has 0 aromatic rings. The van der Waals surface area contributed by atoms with E-state index in [2.05, 4.69) is 87.3 Å². The zero-order valence-corrected chi connectivity index (χ0v) is 34.0. The van der Waals surface area contributed by atoms with Crippen LogP contribution in [0.4, 0.5) is 0 Å². The average molecular weight is 665 g/mol. The monoisotopic (exact) mass is 664 g/mol. The van der Waals surface area contributed by atoms with Gasteiger partial charge in [0, 0.05) is 17.8 Å². The first-order valence-corrected chi connectivity index (χ1v) is 22.5. The molecule has 0 aromatic carbocycles. The molecule has 0 aliphatic carbocycles. The van der Waals surface area contributed by atoms with E-state index in [1.165, 1.54) is 6.92 Å². The first kappa shape index (κ1) is 43.4. The summed E-state index contributed by atoms with van der Waals surface area (Å²) in [7, 11) is -4.65. The highest BCUT2D eigenvalue weighted by atomic mass is 28.4. The lowest BCUT2D eigenvalue weighted by Crippen LogP contribution is -2.54. The maximum atomic E-state index is 14.6. The van der Waals surface area contributed by atoms with Crippen LogP contribution in [0.5, 0.6) is 0 Å². The lowest BCUT2D eigenvalue weighted by Gasteiger charge is -2.46. The summed E-state index contributed by atoms with van der Waals surface area (Å²) < 4.78 is 19.6. The van der Waals surface area contributed by atoms with Gasteiger partial charge >= 0.3 is 5.97 Å². The fourth-order valence-corrected chi connectivity index (χ4v) is 7.64. The Morgan fingerprint density at radius 3 is 1.76 bits per heavy atom. The number of hydrogen-bond donors (Lipinski definition) is 0. The van der Waals surface area contributed by atoms with Crippen molar-refractivity contribution in [3.05, 3.63) is 36.5 Å². The van der Waals surface area contributed by atoms with Crippen molar-refractivity contribution in [1.29, 1.82) is 0 Å². The first-order chi connectivity index (χ1) is 20.2. The molecular formula is C37H68O6Si2. The van der Waals surface area contributed by atoms with Crippen molar-refractivity contribution in [1.82, 2.24) is 0 Å². The highest BCUT2D eigenvalue weighted by molar-refractivity contribution is 6.74. The third-order valence-corrected chi connectivity index (χ3v) is 19.0. The zero-order chi connectivity index (χ0) is 35.8. The molecule has 0 aliphatic heterocycles. The summed E-state index contributed by atoms with van der Waals surface area (Å²) in [5, 5.41) is -0.173. The molecule has 0 saturated heterocycles. The first-order valence-electron chi connectivity index (χ1n) is 16.7. The lowest BCUT2D eigenvalue weighted by atomic mass is 9.73. The van der Waals surface area contributed by atoms with Crippen LogP contribution in [0.2, 0.25) is 36.3 Å². The molecule has 0 fully saturated rings. The summed E-state index contributed by atoms with van der Waals surface area (Å²) in [4.78, 5) is 40.6. The van der Waals surface area contributed by atoms with E-state index in [1.807, 2.05) is 46.8 Å². The van der Waals surface area contributed by atoms with E-state index in [4.69, 9.17) is 13.6 Å². The number of carbonyl (C=O) groups is 3. The summed E-state index contributed by atoms with van der Waals surface area (Å²) in [5.41, 5.74) is 0.0129. The number of allylic oxidation sites excluding steroid dienone is 3. The smallest absolute Gasteiger partial charge is 0.309 e. The van der Waals surface area contributed by atoms with Gasteiger partial charge in [0.05, 0.1) is 18.6 Å². The Bertz CT molecular complexity index is 1070. The number of Topliss-reactive ketones (excluding diaryl/α,β-unsaturated/α-hetero) is 2. The zero-order valence-electron chi connectivity index (χ0n) is 32.0. The van der Waals surface area contributed by atoms with Gasteiger partial charge in [-0.1, -0.05) is 99.1 Å². The number of rotatable bonds is 18. The van der Waals surface area contributed by atoms with E-state index in [0.29, 0.717) is 12.8 Å². The van der Waals surface area contributed by atoms with Gasteiger partial charge in [-0.3, -0.25) is 14.4 Å². The summed E-state index contributed by atoms with van der Waals surface area (Å²) in [6, 6.07) is 0. The van der Waals surface area contributed by atoms with Crippen LogP contribution in [0.15, 0.2) is 36.5 Å². The topological polar surface area (TPSA) is 78.9 Å². The molecule has 0 radical (unpaired) electrons. The van der Waals surface area contributed by atoms with Crippen LogP contribution in [-0.4, -0.2) is 52.5 Å². The maximum Gasteiger partial charge on any atom is 0.309 e. The Kier molecular flexibility index (Phi) is 16.4. The molecule has 0 bridgehead atoms. The number of ether oxygens (including phenoxy) is 1. The third kappa shape index (κ3) is 12.8. The van der Waals surface area contributed by atoms with Gasteiger partial charge in [0.15, 0.2) is 28.5 Å². The van der Waals surface area contributed by atoms with Crippen LogP contribution >= 0.6 is 0 Å². The largest absolute Gasteiger partial charge is 0.454 e. The van der Waals surface area contributed by atoms with Gasteiger partial charge in [-0.2, -0.15) is 0 Å². The van der Waals surface area contributed by atoms with Crippen LogP contribution in [0.25, 0.3) is 0 Å². The predicted molar refractivity (Wildman–Crippen MR) is 194 cm³/mol. The van der Waals surface area contributed by atoms with Crippen molar-refractivity contribution < 1.29 is 28.0 Å². The average Bonchev–Trinajstić information content (AvgIpc) is 2.87. The van der Waals surface area contributed by atoms with Crippen molar-refractivity contribution >= 4 is 34.2 Å². The molecule has 0 aliphatic rings. The molecular weight excluding hydrogens is 597 g/mol. The van der Waals surface area contributed by atoms with Gasteiger partial charge < -0.3 is 13.6 Å². The van der Waals surface area contributed by atoms with Crippen molar-refractivity contribution in [3.63, 3.8) is 0 Å². The fraction of sp³-hybridized carbons (Fsp3) is 0.757. The van der Waals surface area contributed by atoms with E-state index in [-0.39, 0.29) is 40.1 Å². The molecule has 5 atom stereocenters. The summed E-state index contributed by atoms with van der Waals surface area (Å²) in [6.07, 6.45) is 6.71. The maximum absolute atomic E-state index is 14.6. The van der Waals surface area contributed by atoms with Gasteiger partial charge in [-0.15, -0.1) is 6.58 Å². The molecule has 45 heavy (non-hydrogen) atoms.